The molecule has 0 aromatic heterocycles. The molecule has 0 radical (unpaired) electrons. The molecule has 0 aliphatic rings. The predicted molar refractivity (Wildman–Crippen MR) is 63.3 cm³/mol. The number of halogens is 1. The third-order valence-corrected chi connectivity index (χ3v) is 2.58. The molecule has 0 heterocycles. The van der Waals surface area contributed by atoms with Crippen molar-refractivity contribution in [3.05, 3.63) is 22.7 Å². The predicted octanol–water partition coefficient (Wildman–Crippen LogP) is 3.65. The van der Waals surface area contributed by atoms with Gasteiger partial charge >= 0.3 is 0 Å². The molecule has 15 heavy (non-hydrogen) atoms. The third kappa shape index (κ3) is 2.57. The fourth-order valence-corrected chi connectivity index (χ4v) is 1.64. The van der Waals surface area contributed by atoms with E-state index in [1.807, 2.05) is 12.1 Å². The number of methoxy groups -OCH3 is 2. The summed E-state index contributed by atoms with van der Waals surface area (Å²) in [6, 6.07) is 3.88. The fraction of sp³-hybridized carbons (Fsp3) is 0.500. The Morgan fingerprint density at radius 3 is 2.07 bits per heavy atom. The quantitative estimate of drug-likeness (QED) is 0.769. The first-order valence-electron chi connectivity index (χ1n) is 4.82. The van der Waals surface area contributed by atoms with E-state index >= 15 is 0 Å². The number of rotatable bonds is 2. The van der Waals surface area contributed by atoms with Crippen molar-refractivity contribution in [2.75, 3.05) is 14.2 Å². The van der Waals surface area contributed by atoms with Crippen LogP contribution >= 0.6 is 11.6 Å². The van der Waals surface area contributed by atoms with E-state index in [0.29, 0.717) is 16.5 Å². The number of hydrogen-bond donors (Lipinski definition) is 0. The lowest BCUT2D eigenvalue weighted by Crippen LogP contribution is -2.11. The van der Waals surface area contributed by atoms with Gasteiger partial charge in [0.05, 0.1) is 19.2 Å². The van der Waals surface area contributed by atoms with Crippen molar-refractivity contribution >= 4 is 11.6 Å². The standard InChI is InChI=1S/C12H17ClO2/c1-12(2,3)8-6-9(13)11(15-5)10(7-8)14-4/h6-7H,1-5H3. The Morgan fingerprint density at radius 1 is 1.07 bits per heavy atom. The second-order valence-electron chi connectivity index (χ2n) is 4.44. The topological polar surface area (TPSA) is 18.5 Å². The molecular weight excluding hydrogens is 212 g/mol. The van der Waals surface area contributed by atoms with Gasteiger partial charge in [-0.2, -0.15) is 0 Å². The van der Waals surface area contributed by atoms with Crippen LogP contribution in [-0.4, -0.2) is 14.2 Å². The van der Waals surface area contributed by atoms with Crippen molar-refractivity contribution < 1.29 is 9.47 Å². The highest BCUT2D eigenvalue weighted by Crippen LogP contribution is 2.39. The Balaban J connectivity index is 3.32. The number of benzene rings is 1. The van der Waals surface area contributed by atoms with E-state index in [4.69, 9.17) is 21.1 Å². The first-order valence-corrected chi connectivity index (χ1v) is 5.20. The molecule has 2 nitrogen and oxygen atoms in total. The largest absolute Gasteiger partial charge is 0.493 e. The molecule has 0 N–H and O–H groups in total. The van der Waals surface area contributed by atoms with Crippen LogP contribution in [-0.2, 0) is 5.41 Å². The van der Waals surface area contributed by atoms with Gasteiger partial charge in [-0.15, -0.1) is 0 Å². The summed E-state index contributed by atoms with van der Waals surface area (Å²) < 4.78 is 10.4. The van der Waals surface area contributed by atoms with Crippen LogP contribution in [0.25, 0.3) is 0 Å². The van der Waals surface area contributed by atoms with Crippen LogP contribution in [0.3, 0.4) is 0 Å². The molecule has 0 atom stereocenters. The van der Waals surface area contributed by atoms with Crippen LogP contribution in [0.2, 0.25) is 5.02 Å². The average molecular weight is 229 g/mol. The molecule has 0 unspecified atom stereocenters. The molecule has 0 saturated carbocycles. The lowest BCUT2D eigenvalue weighted by Gasteiger charge is -2.21. The zero-order valence-electron chi connectivity index (χ0n) is 9.85. The maximum Gasteiger partial charge on any atom is 0.179 e. The molecule has 0 fully saturated rings. The maximum atomic E-state index is 6.11. The summed E-state index contributed by atoms with van der Waals surface area (Å²) in [7, 11) is 3.20. The highest BCUT2D eigenvalue weighted by Gasteiger charge is 2.19. The second-order valence-corrected chi connectivity index (χ2v) is 4.85. The van der Waals surface area contributed by atoms with Crippen molar-refractivity contribution in [1.29, 1.82) is 0 Å². The molecule has 84 valence electrons. The minimum atomic E-state index is 0.0448. The zero-order valence-corrected chi connectivity index (χ0v) is 10.6. The zero-order chi connectivity index (χ0) is 11.6. The van der Waals surface area contributed by atoms with Crippen LogP contribution in [0.4, 0.5) is 0 Å². The summed E-state index contributed by atoms with van der Waals surface area (Å²) in [5.74, 6) is 1.27. The summed E-state index contributed by atoms with van der Waals surface area (Å²) in [5, 5.41) is 0.585. The van der Waals surface area contributed by atoms with E-state index in [1.165, 1.54) is 0 Å². The van der Waals surface area contributed by atoms with E-state index in [9.17, 15) is 0 Å². The molecular formula is C12H17ClO2. The average Bonchev–Trinajstić information content (AvgIpc) is 2.15. The van der Waals surface area contributed by atoms with Crippen molar-refractivity contribution in [1.82, 2.24) is 0 Å². The van der Waals surface area contributed by atoms with Crippen LogP contribution in [0.15, 0.2) is 12.1 Å². The van der Waals surface area contributed by atoms with Crippen molar-refractivity contribution in [3.8, 4) is 11.5 Å². The van der Waals surface area contributed by atoms with Crippen molar-refractivity contribution in [2.45, 2.75) is 26.2 Å². The van der Waals surface area contributed by atoms with Gasteiger partial charge in [0, 0.05) is 0 Å². The van der Waals surface area contributed by atoms with Gasteiger partial charge in [-0.25, -0.2) is 0 Å². The second kappa shape index (κ2) is 4.31. The summed E-state index contributed by atoms with van der Waals surface area (Å²) >= 11 is 6.11. The van der Waals surface area contributed by atoms with Crippen LogP contribution < -0.4 is 9.47 Å². The summed E-state index contributed by atoms with van der Waals surface area (Å²) in [5.41, 5.74) is 1.17. The molecule has 0 aliphatic heterocycles. The van der Waals surface area contributed by atoms with Gasteiger partial charge in [-0.3, -0.25) is 0 Å². The third-order valence-electron chi connectivity index (χ3n) is 2.30. The van der Waals surface area contributed by atoms with E-state index in [1.54, 1.807) is 14.2 Å². The minimum absolute atomic E-state index is 0.0448. The highest BCUT2D eigenvalue weighted by molar-refractivity contribution is 6.32. The lowest BCUT2D eigenvalue weighted by atomic mass is 9.87. The summed E-state index contributed by atoms with van der Waals surface area (Å²) in [6.45, 7) is 6.39. The molecule has 3 heteroatoms. The van der Waals surface area contributed by atoms with Gasteiger partial charge in [-0.1, -0.05) is 32.4 Å². The first kappa shape index (κ1) is 12.2. The molecule has 0 aliphatic carbocycles. The fourth-order valence-electron chi connectivity index (χ4n) is 1.35. The Kier molecular flexibility index (Phi) is 3.50. The van der Waals surface area contributed by atoms with E-state index in [0.717, 1.165) is 5.56 Å². The van der Waals surface area contributed by atoms with Gasteiger partial charge in [0.25, 0.3) is 0 Å². The van der Waals surface area contributed by atoms with E-state index in [-0.39, 0.29) is 5.41 Å². The van der Waals surface area contributed by atoms with Crippen LogP contribution in [0, 0.1) is 0 Å². The first-order chi connectivity index (χ1) is 6.90. The molecule has 0 spiro atoms. The molecule has 0 saturated heterocycles. The molecule has 1 aromatic rings. The lowest BCUT2D eigenvalue weighted by molar-refractivity contribution is 0.354. The van der Waals surface area contributed by atoms with Crippen molar-refractivity contribution in [3.63, 3.8) is 0 Å². The Labute approximate surface area is 96.2 Å². The monoisotopic (exact) mass is 228 g/mol. The molecule has 0 bridgehead atoms. The molecule has 1 rings (SSSR count). The maximum absolute atomic E-state index is 6.11. The van der Waals surface area contributed by atoms with E-state index < -0.39 is 0 Å². The van der Waals surface area contributed by atoms with Crippen LogP contribution in [0.1, 0.15) is 26.3 Å². The SMILES string of the molecule is COc1cc(C(C)(C)C)cc(Cl)c1OC. The van der Waals surface area contributed by atoms with Gasteiger partial charge in [0.1, 0.15) is 0 Å². The Morgan fingerprint density at radius 2 is 1.67 bits per heavy atom. The Hall–Kier alpha value is -0.890. The van der Waals surface area contributed by atoms with Crippen molar-refractivity contribution in [2.24, 2.45) is 0 Å². The van der Waals surface area contributed by atoms with Gasteiger partial charge in [-0.05, 0) is 23.1 Å². The van der Waals surface area contributed by atoms with E-state index in [2.05, 4.69) is 20.8 Å². The van der Waals surface area contributed by atoms with Gasteiger partial charge in [0.15, 0.2) is 11.5 Å². The summed E-state index contributed by atoms with van der Waals surface area (Å²) in [4.78, 5) is 0. The van der Waals surface area contributed by atoms with Gasteiger partial charge < -0.3 is 9.47 Å². The smallest absolute Gasteiger partial charge is 0.179 e. The number of hydrogen-bond acceptors (Lipinski definition) is 2. The Bertz CT molecular complexity index is 353. The highest BCUT2D eigenvalue weighted by atomic mass is 35.5. The minimum Gasteiger partial charge on any atom is -0.493 e. The normalized spacial score (nSPS) is 11.3. The molecule has 0 amide bonds. The van der Waals surface area contributed by atoms with Crippen LogP contribution in [0.5, 0.6) is 11.5 Å². The summed E-state index contributed by atoms with van der Waals surface area (Å²) in [6.07, 6.45) is 0. The van der Waals surface area contributed by atoms with Gasteiger partial charge in [0.2, 0.25) is 0 Å². The number of ether oxygens (including phenoxy) is 2. The molecule has 1 aromatic carbocycles.